The Morgan fingerprint density at radius 2 is 1.94 bits per heavy atom. The predicted molar refractivity (Wildman–Crippen MR) is 76.3 cm³/mol. The molecule has 1 aliphatic carbocycles. The fourth-order valence-corrected chi connectivity index (χ4v) is 2.24. The molecule has 0 aromatic heterocycles. The molecular weight excluding hydrogens is 224 g/mol. The van der Waals surface area contributed by atoms with Crippen LogP contribution in [0.25, 0.3) is 0 Å². The van der Waals surface area contributed by atoms with Crippen molar-refractivity contribution in [3.63, 3.8) is 0 Å². The lowest BCUT2D eigenvalue weighted by Gasteiger charge is -2.28. The molecule has 0 bridgehead atoms. The van der Waals surface area contributed by atoms with Crippen LogP contribution in [0.15, 0.2) is 36.0 Å². The quantitative estimate of drug-likeness (QED) is 0.580. The van der Waals surface area contributed by atoms with Gasteiger partial charge in [-0.05, 0) is 51.9 Å². The Balaban J connectivity index is 2.31. The van der Waals surface area contributed by atoms with Gasteiger partial charge in [0.1, 0.15) is 0 Å². The Morgan fingerprint density at radius 3 is 2.56 bits per heavy atom. The van der Waals surface area contributed by atoms with Crippen LogP contribution in [0, 0.1) is 5.92 Å². The molecule has 0 radical (unpaired) electrons. The summed E-state index contributed by atoms with van der Waals surface area (Å²) >= 11 is 0. The zero-order chi connectivity index (χ0) is 13.5. The van der Waals surface area contributed by atoms with Crippen LogP contribution in [0.5, 0.6) is 0 Å². The molecule has 1 rings (SSSR count). The Morgan fingerprint density at radius 1 is 1.22 bits per heavy atom. The summed E-state index contributed by atoms with van der Waals surface area (Å²) in [6.07, 6.45) is 9.68. The van der Waals surface area contributed by atoms with Gasteiger partial charge in [0.15, 0.2) is 0 Å². The van der Waals surface area contributed by atoms with E-state index < -0.39 is 12.2 Å². The van der Waals surface area contributed by atoms with Crippen LogP contribution < -0.4 is 0 Å². The van der Waals surface area contributed by atoms with Gasteiger partial charge >= 0.3 is 0 Å². The first kappa shape index (κ1) is 15.2. The minimum Gasteiger partial charge on any atom is -0.390 e. The molecule has 1 fully saturated rings. The second kappa shape index (κ2) is 7.55. The molecule has 1 saturated carbocycles. The molecule has 2 nitrogen and oxygen atoms in total. The van der Waals surface area contributed by atoms with Gasteiger partial charge in [-0.15, -0.1) is 0 Å². The van der Waals surface area contributed by atoms with Crippen molar-refractivity contribution < 1.29 is 10.2 Å². The molecular formula is C16H26O2. The van der Waals surface area contributed by atoms with Gasteiger partial charge < -0.3 is 10.2 Å². The molecule has 1 aliphatic rings. The summed E-state index contributed by atoms with van der Waals surface area (Å²) in [5.41, 5.74) is 2.48. The van der Waals surface area contributed by atoms with E-state index in [2.05, 4.69) is 38.7 Å². The zero-order valence-corrected chi connectivity index (χ0v) is 11.6. The van der Waals surface area contributed by atoms with Crippen LogP contribution in [-0.4, -0.2) is 22.4 Å². The van der Waals surface area contributed by atoms with Gasteiger partial charge in [0.25, 0.3) is 0 Å². The van der Waals surface area contributed by atoms with Gasteiger partial charge in [0.2, 0.25) is 0 Å². The molecule has 0 aromatic rings. The molecule has 0 aliphatic heterocycles. The molecule has 18 heavy (non-hydrogen) atoms. The minimum atomic E-state index is -0.563. The van der Waals surface area contributed by atoms with E-state index in [1.807, 2.05) is 0 Å². The molecule has 3 atom stereocenters. The lowest BCUT2D eigenvalue weighted by Crippen LogP contribution is -2.32. The molecule has 0 saturated heterocycles. The monoisotopic (exact) mass is 250 g/mol. The SMILES string of the molecule is C=C(/C=C/C1CCC(O)C(O)C1)CCC=C(C)C. The van der Waals surface area contributed by atoms with Gasteiger partial charge in [-0.25, -0.2) is 0 Å². The Hall–Kier alpha value is -0.860. The predicted octanol–water partition coefficient (Wildman–Crippen LogP) is 3.37. The first-order chi connectivity index (χ1) is 8.49. The summed E-state index contributed by atoms with van der Waals surface area (Å²) in [6.45, 7) is 8.25. The molecule has 0 spiro atoms. The summed E-state index contributed by atoms with van der Waals surface area (Å²) in [5.74, 6) is 0.378. The average molecular weight is 250 g/mol. The number of rotatable bonds is 5. The molecule has 3 unspecified atom stereocenters. The highest BCUT2D eigenvalue weighted by Gasteiger charge is 2.25. The minimum absolute atomic E-state index is 0.378. The number of allylic oxidation sites excluding steroid dienone is 5. The number of aliphatic hydroxyl groups is 2. The van der Waals surface area contributed by atoms with E-state index in [1.165, 1.54) is 5.57 Å². The largest absolute Gasteiger partial charge is 0.390 e. The molecule has 2 heteroatoms. The standard InChI is InChI=1S/C16H26O2/c1-12(2)5-4-6-13(3)7-8-14-9-10-15(17)16(18)11-14/h5,7-8,14-18H,3-4,6,9-11H2,1-2H3/b8-7+. The van der Waals surface area contributed by atoms with Crippen LogP contribution in [-0.2, 0) is 0 Å². The van der Waals surface area contributed by atoms with Crippen LogP contribution >= 0.6 is 0 Å². The number of hydrogen-bond donors (Lipinski definition) is 2. The molecule has 0 aromatic carbocycles. The lowest BCUT2D eigenvalue weighted by atomic mass is 9.85. The number of hydrogen-bond acceptors (Lipinski definition) is 2. The molecule has 0 heterocycles. The van der Waals surface area contributed by atoms with E-state index in [4.69, 9.17) is 0 Å². The average Bonchev–Trinajstić information content (AvgIpc) is 2.30. The van der Waals surface area contributed by atoms with Crippen LogP contribution in [0.1, 0.15) is 46.0 Å². The Labute approximate surface area is 111 Å². The highest BCUT2D eigenvalue weighted by Crippen LogP contribution is 2.26. The normalized spacial score (nSPS) is 28.3. The third-order valence-electron chi connectivity index (χ3n) is 3.44. The Bertz CT molecular complexity index is 324. The van der Waals surface area contributed by atoms with Gasteiger partial charge in [0, 0.05) is 0 Å². The highest BCUT2D eigenvalue weighted by molar-refractivity contribution is 5.16. The van der Waals surface area contributed by atoms with Crippen molar-refractivity contribution in [1.29, 1.82) is 0 Å². The zero-order valence-electron chi connectivity index (χ0n) is 11.6. The maximum Gasteiger partial charge on any atom is 0.0804 e. The smallest absolute Gasteiger partial charge is 0.0804 e. The van der Waals surface area contributed by atoms with E-state index in [-0.39, 0.29) is 0 Å². The van der Waals surface area contributed by atoms with Crippen molar-refractivity contribution in [1.82, 2.24) is 0 Å². The van der Waals surface area contributed by atoms with Gasteiger partial charge in [0.05, 0.1) is 12.2 Å². The topological polar surface area (TPSA) is 40.5 Å². The molecule has 102 valence electrons. The third-order valence-corrected chi connectivity index (χ3v) is 3.44. The van der Waals surface area contributed by atoms with Crippen LogP contribution in [0.3, 0.4) is 0 Å². The van der Waals surface area contributed by atoms with Gasteiger partial charge in [-0.2, -0.15) is 0 Å². The van der Waals surface area contributed by atoms with Crippen LogP contribution in [0.2, 0.25) is 0 Å². The third kappa shape index (κ3) is 5.65. The Kier molecular flexibility index (Phi) is 6.37. The second-order valence-electron chi connectivity index (χ2n) is 5.55. The van der Waals surface area contributed by atoms with Gasteiger partial charge in [-0.1, -0.05) is 36.0 Å². The van der Waals surface area contributed by atoms with E-state index in [9.17, 15) is 10.2 Å². The molecule has 2 N–H and O–H groups in total. The van der Waals surface area contributed by atoms with Crippen molar-refractivity contribution >= 4 is 0 Å². The molecule has 0 amide bonds. The van der Waals surface area contributed by atoms with Gasteiger partial charge in [-0.3, -0.25) is 0 Å². The fourth-order valence-electron chi connectivity index (χ4n) is 2.24. The maximum atomic E-state index is 9.60. The summed E-state index contributed by atoms with van der Waals surface area (Å²) < 4.78 is 0. The van der Waals surface area contributed by atoms with Crippen molar-refractivity contribution in [3.8, 4) is 0 Å². The van der Waals surface area contributed by atoms with E-state index in [0.29, 0.717) is 18.8 Å². The van der Waals surface area contributed by atoms with E-state index in [1.54, 1.807) is 0 Å². The summed E-state index contributed by atoms with van der Waals surface area (Å²) in [7, 11) is 0. The first-order valence-electron chi connectivity index (χ1n) is 6.84. The second-order valence-corrected chi connectivity index (χ2v) is 5.55. The number of aliphatic hydroxyl groups excluding tert-OH is 2. The summed E-state index contributed by atoms with van der Waals surface area (Å²) in [4.78, 5) is 0. The lowest BCUT2D eigenvalue weighted by molar-refractivity contribution is -0.0189. The van der Waals surface area contributed by atoms with Crippen molar-refractivity contribution in [2.45, 2.75) is 58.2 Å². The summed E-state index contributed by atoms with van der Waals surface area (Å²) in [5, 5.41) is 19.0. The van der Waals surface area contributed by atoms with Crippen LogP contribution in [0.4, 0.5) is 0 Å². The maximum absolute atomic E-state index is 9.60. The highest BCUT2D eigenvalue weighted by atomic mass is 16.3. The summed E-state index contributed by atoms with van der Waals surface area (Å²) in [6, 6.07) is 0. The van der Waals surface area contributed by atoms with Crippen molar-refractivity contribution in [2.75, 3.05) is 0 Å². The van der Waals surface area contributed by atoms with E-state index in [0.717, 1.165) is 24.8 Å². The first-order valence-corrected chi connectivity index (χ1v) is 6.84. The van der Waals surface area contributed by atoms with Crippen molar-refractivity contribution in [3.05, 3.63) is 36.0 Å². The fraction of sp³-hybridized carbons (Fsp3) is 0.625. The van der Waals surface area contributed by atoms with Crippen molar-refractivity contribution in [2.24, 2.45) is 5.92 Å². The van der Waals surface area contributed by atoms with E-state index >= 15 is 0 Å².